The van der Waals surface area contributed by atoms with Crippen molar-refractivity contribution in [2.75, 3.05) is 19.8 Å². The molecule has 38 heavy (non-hydrogen) atoms. The van der Waals surface area contributed by atoms with Crippen molar-refractivity contribution in [1.82, 2.24) is 5.06 Å². The number of carbonyl (C=O) groups excluding carboxylic acids is 1. The first-order valence-electron chi connectivity index (χ1n) is 15.6. The van der Waals surface area contributed by atoms with Crippen molar-refractivity contribution < 1.29 is 28.9 Å². The summed E-state index contributed by atoms with van der Waals surface area (Å²) in [6.07, 6.45) is 10.7. The summed E-state index contributed by atoms with van der Waals surface area (Å²) in [5, 5.41) is 12.5. The van der Waals surface area contributed by atoms with Crippen LogP contribution < -0.4 is 0 Å². The van der Waals surface area contributed by atoms with Crippen LogP contribution >= 0.6 is 0 Å². The molecule has 4 unspecified atom stereocenters. The molecule has 0 aromatic carbocycles. The number of carbonyl (C=O) groups is 1. The maximum Gasteiger partial charge on any atom is 0.324 e. The van der Waals surface area contributed by atoms with E-state index in [4.69, 9.17) is 19.0 Å². The minimum absolute atomic E-state index is 0.00109. The Labute approximate surface area is 233 Å². The first-order valence-corrected chi connectivity index (χ1v) is 15.6. The summed E-state index contributed by atoms with van der Waals surface area (Å²) in [6, 6.07) is 0.00109. The zero-order valence-electron chi connectivity index (χ0n) is 25.9. The van der Waals surface area contributed by atoms with Crippen LogP contribution in [0.2, 0.25) is 0 Å². The molecule has 0 amide bonds. The minimum atomic E-state index is -0.746. The Morgan fingerprint density at radius 3 is 2.21 bits per heavy atom. The smallest absolute Gasteiger partial charge is 0.324 e. The van der Waals surface area contributed by atoms with Crippen LogP contribution in [-0.4, -0.2) is 59.6 Å². The quantitative estimate of drug-likeness (QED) is 0.166. The molecule has 7 nitrogen and oxygen atoms in total. The highest BCUT2D eigenvalue weighted by Gasteiger charge is 2.61. The summed E-state index contributed by atoms with van der Waals surface area (Å²) in [5.74, 6) is -0.656. The van der Waals surface area contributed by atoms with Crippen LogP contribution in [0.25, 0.3) is 0 Å². The number of hydrogen-bond donors (Lipinski definition) is 1. The number of piperidine rings is 1. The number of hydrogen-bond acceptors (Lipinski definition) is 7. The summed E-state index contributed by atoms with van der Waals surface area (Å²) >= 11 is 0. The molecule has 2 rings (SSSR count). The number of rotatable bonds is 16. The van der Waals surface area contributed by atoms with Crippen LogP contribution in [-0.2, 0) is 23.8 Å². The standard InChI is InChI=1S/C31H59NO6/c1-9-14-15-16-17-18-19-28(34)35-21-30(13-5)22-36-31(37-23-30)20-26(24(6)10-2)32(38-27(33)11-3)29(8,12-4)25(31)7/h24-26,28,34H,9-23H2,1-8H3/t24?,25-,26?,28?,29?,30?,31?/m0/s1. The van der Waals surface area contributed by atoms with Crippen LogP contribution in [0.3, 0.4) is 0 Å². The van der Waals surface area contributed by atoms with E-state index in [1.54, 1.807) is 0 Å². The number of aliphatic hydroxyl groups excluding tert-OH is 1. The molecule has 7 heteroatoms. The van der Waals surface area contributed by atoms with Crippen molar-refractivity contribution >= 4 is 5.97 Å². The van der Waals surface area contributed by atoms with Gasteiger partial charge in [-0.2, -0.15) is 0 Å². The van der Waals surface area contributed by atoms with Gasteiger partial charge in [-0.25, -0.2) is 0 Å². The molecule has 2 heterocycles. The van der Waals surface area contributed by atoms with Gasteiger partial charge in [-0.15, -0.1) is 5.06 Å². The lowest BCUT2D eigenvalue weighted by Gasteiger charge is -2.61. The van der Waals surface area contributed by atoms with Gasteiger partial charge >= 0.3 is 5.97 Å². The first kappa shape index (κ1) is 33.5. The van der Waals surface area contributed by atoms with Gasteiger partial charge in [0.1, 0.15) is 0 Å². The molecule has 0 aromatic heterocycles. The third-order valence-corrected chi connectivity index (χ3v) is 9.78. The summed E-state index contributed by atoms with van der Waals surface area (Å²) in [4.78, 5) is 18.4. The predicted molar refractivity (Wildman–Crippen MR) is 151 cm³/mol. The second kappa shape index (κ2) is 15.3. The molecule has 2 saturated heterocycles. The van der Waals surface area contributed by atoms with E-state index in [0.29, 0.717) is 45.0 Å². The van der Waals surface area contributed by atoms with E-state index >= 15 is 0 Å². The average Bonchev–Trinajstić information content (AvgIpc) is 2.94. The Balaban J connectivity index is 2.08. The molecule has 0 aromatic rings. The van der Waals surface area contributed by atoms with Gasteiger partial charge in [0.25, 0.3) is 0 Å². The normalized spacial score (nSPS) is 33.8. The maximum atomic E-state index is 12.4. The van der Waals surface area contributed by atoms with Crippen molar-refractivity contribution in [3.05, 3.63) is 0 Å². The highest BCUT2D eigenvalue weighted by molar-refractivity contribution is 5.68. The van der Waals surface area contributed by atoms with Crippen LogP contribution in [0, 0.1) is 17.3 Å². The molecule has 0 saturated carbocycles. The molecule has 0 radical (unpaired) electrons. The molecule has 1 spiro atoms. The summed E-state index contributed by atoms with van der Waals surface area (Å²) in [7, 11) is 0. The van der Waals surface area contributed by atoms with E-state index in [9.17, 15) is 9.90 Å². The minimum Gasteiger partial charge on any atom is -0.368 e. The number of nitrogens with zero attached hydrogens (tertiary/aromatic N) is 1. The largest absolute Gasteiger partial charge is 0.368 e. The van der Waals surface area contributed by atoms with E-state index in [1.165, 1.54) is 25.7 Å². The average molecular weight is 542 g/mol. The lowest BCUT2D eigenvalue weighted by atomic mass is 9.69. The second-order valence-electron chi connectivity index (χ2n) is 12.3. The zero-order valence-corrected chi connectivity index (χ0v) is 25.9. The van der Waals surface area contributed by atoms with Gasteiger partial charge in [0, 0.05) is 24.2 Å². The molecular formula is C31H59NO6. The van der Waals surface area contributed by atoms with Crippen LogP contribution in [0.5, 0.6) is 0 Å². The molecule has 1 N–H and O–H groups in total. The number of unbranched alkanes of at least 4 members (excludes halogenated alkanes) is 5. The molecule has 5 atom stereocenters. The van der Waals surface area contributed by atoms with Gasteiger partial charge in [0.05, 0.1) is 31.4 Å². The van der Waals surface area contributed by atoms with Crippen molar-refractivity contribution in [2.45, 2.75) is 156 Å². The van der Waals surface area contributed by atoms with Gasteiger partial charge < -0.3 is 24.2 Å². The van der Waals surface area contributed by atoms with Crippen LogP contribution in [0.1, 0.15) is 132 Å². The molecule has 0 aliphatic carbocycles. The topological polar surface area (TPSA) is 77.5 Å². The molecule has 0 bridgehead atoms. The first-order chi connectivity index (χ1) is 18.1. The van der Waals surface area contributed by atoms with E-state index in [0.717, 1.165) is 32.1 Å². The summed E-state index contributed by atoms with van der Waals surface area (Å²) < 4.78 is 19.4. The lowest BCUT2D eigenvalue weighted by Crippen LogP contribution is -2.71. The number of ether oxygens (including phenoxy) is 3. The highest BCUT2D eigenvalue weighted by atomic mass is 16.7. The fraction of sp³-hybridized carbons (Fsp3) is 0.968. The monoisotopic (exact) mass is 541 g/mol. The van der Waals surface area contributed by atoms with Crippen LogP contribution in [0.4, 0.5) is 0 Å². The zero-order chi connectivity index (χ0) is 28.4. The molecular weight excluding hydrogens is 482 g/mol. The van der Waals surface area contributed by atoms with Gasteiger partial charge in [-0.1, -0.05) is 87.0 Å². The number of aliphatic hydroxyl groups is 1. The predicted octanol–water partition coefficient (Wildman–Crippen LogP) is 7.00. The lowest BCUT2D eigenvalue weighted by molar-refractivity contribution is -0.393. The summed E-state index contributed by atoms with van der Waals surface area (Å²) in [6.45, 7) is 18.6. The molecule has 2 aliphatic heterocycles. The molecule has 224 valence electrons. The van der Waals surface area contributed by atoms with Gasteiger partial charge in [-0.05, 0) is 38.5 Å². The van der Waals surface area contributed by atoms with Crippen molar-refractivity contribution in [3.8, 4) is 0 Å². The Morgan fingerprint density at radius 1 is 1.03 bits per heavy atom. The number of hydroxylamine groups is 2. The van der Waals surface area contributed by atoms with Gasteiger partial charge in [0.2, 0.25) is 0 Å². The van der Waals surface area contributed by atoms with E-state index < -0.39 is 17.6 Å². The Kier molecular flexibility index (Phi) is 13.5. The SMILES string of the molecule is CCCCCCCCC(O)OCC1(CC)COC2(CC(C(C)CC)N(OC(=O)CC)C(C)(CC)[C@@H]2C)OC1. The Morgan fingerprint density at radius 2 is 1.66 bits per heavy atom. The fourth-order valence-corrected chi connectivity index (χ4v) is 5.95. The second-order valence-corrected chi connectivity index (χ2v) is 12.3. The highest BCUT2D eigenvalue weighted by Crippen LogP contribution is 2.52. The van der Waals surface area contributed by atoms with Crippen molar-refractivity contribution in [3.63, 3.8) is 0 Å². The van der Waals surface area contributed by atoms with Gasteiger partial charge in [0.15, 0.2) is 12.1 Å². The third kappa shape index (κ3) is 7.93. The Hall–Kier alpha value is -0.730. The van der Waals surface area contributed by atoms with E-state index in [1.807, 2.05) is 12.0 Å². The molecule has 2 aliphatic rings. The third-order valence-electron chi connectivity index (χ3n) is 9.78. The maximum absolute atomic E-state index is 12.4. The summed E-state index contributed by atoms with van der Waals surface area (Å²) in [5.41, 5.74) is -0.708. The Bertz CT molecular complexity index is 694. The van der Waals surface area contributed by atoms with Crippen molar-refractivity contribution in [2.24, 2.45) is 17.3 Å². The molecule has 2 fully saturated rings. The van der Waals surface area contributed by atoms with E-state index in [2.05, 4.69) is 48.5 Å². The van der Waals surface area contributed by atoms with Crippen LogP contribution in [0.15, 0.2) is 0 Å². The van der Waals surface area contributed by atoms with E-state index in [-0.39, 0.29) is 23.3 Å². The van der Waals surface area contributed by atoms with Crippen molar-refractivity contribution in [1.29, 1.82) is 0 Å². The van der Waals surface area contributed by atoms with Gasteiger partial charge in [-0.3, -0.25) is 4.79 Å². The fourth-order valence-electron chi connectivity index (χ4n) is 5.95.